The Balaban J connectivity index is 1.72. The van der Waals surface area contributed by atoms with Crippen molar-refractivity contribution in [2.45, 2.75) is 4.90 Å². The molecule has 2 aromatic heterocycles. The van der Waals surface area contributed by atoms with Crippen molar-refractivity contribution in [2.24, 2.45) is 0 Å². The first-order valence-corrected chi connectivity index (χ1v) is 9.15. The lowest BCUT2D eigenvalue weighted by atomic mass is 10.2. The molecular weight excluding hydrogens is 348 g/mol. The SMILES string of the molecule is O=C(Nc1ccc(S(=O)(=O)Nc2nccs2)cc1)c1cccnc1. The average molecular weight is 360 g/mol. The van der Waals surface area contributed by atoms with Crippen LogP contribution in [0, 0.1) is 0 Å². The van der Waals surface area contributed by atoms with Gasteiger partial charge in [0, 0.05) is 29.7 Å². The average Bonchev–Trinajstić information content (AvgIpc) is 3.08. The van der Waals surface area contributed by atoms with Gasteiger partial charge >= 0.3 is 0 Å². The number of amides is 1. The molecule has 0 aliphatic rings. The highest BCUT2D eigenvalue weighted by Gasteiger charge is 2.15. The number of aromatic nitrogens is 2. The van der Waals surface area contributed by atoms with Crippen molar-refractivity contribution in [1.82, 2.24) is 9.97 Å². The van der Waals surface area contributed by atoms with Crippen LogP contribution in [0.15, 0.2) is 65.3 Å². The number of hydrogen-bond donors (Lipinski definition) is 2. The van der Waals surface area contributed by atoms with Gasteiger partial charge < -0.3 is 5.32 Å². The van der Waals surface area contributed by atoms with Gasteiger partial charge in [-0.2, -0.15) is 0 Å². The molecule has 0 bridgehead atoms. The molecule has 0 radical (unpaired) electrons. The van der Waals surface area contributed by atoms with Gasteiger partial charge in [-0.05, 0) is 36.4 Å². The fourth-order valence-electron chi connectivity index (χ4n) is 1.87. The quantitative estimate of drug-likeness (QED) is 0.728. The van der Waals surface area contributed by atoms with Gasteiger partial charge in [0.2, 0.25) is 0 Å². The summed E-state index contributed by atoms with van der Waals surface area (Å²) in [6, 6.07) is 9.16. The molecule has 1 amide bonds. The highest BCUT2D eigenvalue weighted by Crippen LogP contribution is 2.19. The summed E-state index contributed by atoms with van der Waals surface area (Å²) in [5.74, 6) is -0.320. The van der Waals surface area contributed by atoms with E-state index in [0.717, 1.165) is 0 Å². The van der Waals surface area contributed by atoms with E-state index in [4.69, 9.17) is 0 Å². The number of hydrogen-bond acceptors (Lipinski definition) is 6. The second-order valence-corrected chi connectivity index (χ2v) is 7.24. The summed E-state index contributed by atoms with van der Waals surface area (Å²) < 4.78 is 26.8. The molecule has 2 heterocycles. The smallest absolute Gasteiger partial charge is 0.263 e. The predicted octanol–water partition coefficient (Wildman–Crippen LogP) is 2.59. The zero-order valence-electron chi connectivity index (χ0n) is 12.2. The first-order chi connectivity index (χ1) is 11.5. The van der Waals surface area contributed by atoms with Gasteiger partial charge in [-0.3, -0.25) is 14.5 Å². The molecule has 3 aromatic rings. The lowest BCUT2D eigenvalue weighted by molar-refractivity contribution is 0.102. The van der Waals surface area contributed by atoms with E-state index in [2.05, 4.69) is 20.0 Å². The molecule has 2 N–H and O–H groups in total. The maximum Gasteiger partial charge on any atom is 0.263 e. The Hall–Kier alpha value is -2.78. The van der Waals surface area contributed by atoms with Crippen LogP contribution in [-0.2, 0) is 10.0 Å². The van der Waals surface area contributed by atoms with E-state index in [-0.39, 0.29) is 10.8 Å². The van der Waals surface area contributed by atoms with Crippen molar-refractivity contribution in [3.8, 4) is 0 Å². The van der Waals surface area contributed by atoms with Crippen LogP contribution in [0.4, 0.5) is 10.8 Å². The van der Waals surface area contributed by atoms with Crippen molar-refractivity contribution >= 4 is 38.1 Å². The fourth-order valence-corrected chi connectivity index (χ4v) is 3.65. The van der Waals surface area contributed by atoms with Crippen LogP contribution in [0.2, 0.25) is 0 Å². The number of pyridine rings is 1. The molecule has 0 aliphatic carbocycles. The number of carbonyl (C=O) groups is 1. The Kier molecular flexibility index (Phi) is 4.54. The minimum atomic E-state index is -3.71. The Morgan fingerprint density at radius 2 is 1.88 bits per heavy atom. The standard InChI is InChI=1S/C15H12N4O3S2/c20-14(11-2-1-7-16-10-11)18-12-3-5-13(6-4-12)24(21,22)19-15-17-8-9-23-15/h1-10H,(H,17,19)(H,18,20). The molecule has 3 rings (SSSR count). The molecule has 0 spiro atoms. The molecule has 9 heteroatoms. The third-order valence-corrected chi connectivity index (χ3v) is 5.17. The molecule has 0 saturated heterocycles. The lowest BCUT2D eigenvalue weighted by Crippen LogP contribution is -2.14. The Morgan fingerprint density at radius 3 is 2.50 bits per heavy atom. The Labute approximate surface area is 142 Å². The first kappa shape index (κ1) is 16.1. The molecule has 0 saturated carbocycles. The van der Waals surface area contributed by atoms with Crippen LogP contribution in [0.25, 0.3) is 0 Å². The van der Waals surface area contributed by atoms with Crippen LogP contribution in [0.1, 0.15) is 10.4 Å². The van der Waals surface area contributed by atoms with Gasteiger partial charge in [-0.25, -0.2) is 13.4 Å². The Morgan fingerprint density at radius 1 is 1.08 bits per heavy atom. The number of thiazole rings is 1. The summed E-state index contributed by atoms with van der Waals surface area (Å²) >= 11 is 1.19. The normalized spacial score (nSPS) is 11.0. The van der Waals surface area contributed by atoms with Gasteiger partial charge in [0.1, 0.15) is 0 Å². The molecule has 0 aliphatic heterocycles. The highest BCUT2D eigenvalue weighted by molar-refractivity contribution is 7.93. The maximum atomic E-state index is 12.2. The van der Waals surface area contributed by atoms with Gasteiger partial charge in [-0.1, -0.05) is 0 Å². The molecule has 7 nitrogen and oxygen atoms in total. The topological polar surface area (TPSA) is 101 Å². The van der Waals surface area contributed by atoms with Crippen LogP contribution < -0.4 is 10.0 Å². The first-order valence-electron chi connectivity index (χ1n) is 6.78. The van der Waals surface area contributed by atoms with Crippen molar-refractivity contribution < 1.29 is 13.2 Å². The lowest BCUT2D eigenvalue weighted by Gasteiger charge is -2.08. The highest BCUT2D eigenvalue weighted by atomic mass is 32.2. The van der Waals surface area contributed by atoms with Crippen molar-refractivity contribution in [3.63, 3.8) is 0 Å². The van der Waals surface area contributed by atoms with Gasteiger partial charge in [0.25, 0.3) is 15.9 Å². The van der Waals surface area contributed by atoms with Crippen LogP contribution >= 0.6 is 11.3 Å². The van der Waals surface area contributed by atoms with Gasteiger partial charge in [-0.15, -0.1) is 11.3 Å². The minimum absolute atomic E-state index is 0.0806. The number of benzene rings is 1. The molecule has 0 atom stereocenters. The molecule has 0 unspecified atom stereocenters. The van der Waals surface area contributed by atoms with E-state index >= 15 is 0 Å². The summed E-state index contributed by atoms with van der Waals surface area (Å²) in [7, 11) is -3.71. The zero-order valence-corrected chi connectivity index (χ0v) is 13.8. The second-order valence-electron chi connectivity index (χ2n) is 4.66. The summed E-state index contributed by atoms with van der Waals surface area (Å²) in [5, 5.41) is 4.65. The number of rotatable bonds is 5. The number of anilines is 2. The monoisotopic (exact) mass is 360 g/mol. The van der Waals surface area contributed by atoms with E-state index in [9.17, 15) is 13.2 Å². The molecule has 122 valence electrons. The number of sulfonamides is 1. The maximum absolute atomic E-state index is 12.2. The largest absolute Gasteiger partial charge is 0.322 e. The van der Waals surface area contributed by atoms with E-state index < -0.39 is 10.0 Å². The van der Waals surface area contributed by atoms with Crippen LogP contribution in [0.5, 0.6) is 0 Å². The number of nitrogens with zero attached hydrogens (tertiary/aromatic N) is 2. The Bertz CT molecular complexity index is 925. The van der Waals surface area contributed by atoms with Crippen molar-refractivity contribution in [2.75, 3.05) is 10.0 Å². The van der Waals surface area contributed by atoms with E-state index in [1.165, 1.54) is 48.0 Å². The van der Waals surface area contributed by atoms with Gasteiger partial charge in [0.05, 0.1) is 10.5 Å². The third-order valence-electron chi connectivity index (χ3n) is 3.00. The van der Waals surface area contributed by atoms with E-state index in [1.807, 2.05) is 0 Å². The zero-order chi connectivity index (χ0) is 17.0. The van der Waals surface area contributed by atoms with Crippen molar-refractivity contribution in [1.29, 1.82) is 0 Å². The van der Waals surface area contributed by atoms with E-state index in [1.54, 1.807) is 23.7 Å². The summed E-state index contributed by atoms with van der Waals surface area (Å²) in [4.78, 5) is 19.9. The molecule has 1 aromatic carbocycles. The van der Waals surface area contributed by atoms with E-state index in [0.29, 0.717) is 16.4 Å². The predicted molar refractivity (Wildman–Crippen MR) is 91.6 cm³/mol. The second kappa shape index (κ2) is 6.77. The molecule has 0 fully saturated rings. The van der Waals surface area contributed by atoms with Crippen LogP contribution in [-0.4, -0.2) is 24.3 Å². The number of carbonyl (C=O) groups excluding carboxylic acids is 1. The molecule has 24 heavy (non-hydrogen) atoms. The summed E-state index contributed by atoms with van der Waals surface area (Å²) in [5.41, 5.74) is 0.900. The summed E-state index contributed by atoms with van der Waals surface area (Å²) in [6.45, 7) is 0. The van der Waals surface area contributed by atoms with Crippen molar-refractivity contribution in [3.05, 3.63) is 65.9 Å². The van der Waals surface area contributed by atoms with Gasteiger partial charge in [0.15, 0.2) is 5.13 Å². The third kappa shape index (κ3) is 3.76. The fraction of sp³-hybridized carbons (Fsp3) is 0. The minimum Gasteiger partial charge on any atom is -0.322 e. The molecular formula is C15H12N4O3S2. The summed E-state index contributed by atoms with van der Waals surface area (Å²) in [6.07, 6.45) is 4.54. The number of nitrogens with one attached hydrogen (secondary N) is 2. The van der Waals surface area contributed by atoms with Crippen LogP contribution in [0.3, 0.4) is 0 Å².